The minimum absolute atomic E-state index is 0.581. The zero-order valence-electron chi connectivity index (χ0n) is 24.2. The minimum Gasteiger partial charge on any atom is -0.454 e. The molecule has 9 aromatic rings. The van der Waals surface area contributed by atoms with Crippen molar-refractivity contribution in [2.24, 2.45) is 0 Å². The van der Waals surface area contributed by atoms with Crippen LogP contribution in [0.1, 0.15) is 0 Å². The van der Waals surface area contributed by atoms with E-state index >= 15 is 0 Å². The van der Waals surface area contributed by atoms with E-state index in [4.69, 9.17) is 13.8 Å². The molecule has 0 atom stereocenters. The molecule has 0 unspecified atom stereocenters. The molecule has 0 amide bonds. The summed E-state index contributed by atoms with van der Waals surface area (Å²) in [6, 6.07) is 54.5. The van der Waals surface area contributed by atoms with Crippen LogP contribution in [-0.4, -0.2) is 4.98 Å². The van der Waals surface area contributed by atoms with Gasteiger partial charge in [0.05, 0.1) is 5.69 Å². The summed E-state index contributed by atoms with van der Waals surface area (Å²) in [7, 11) is 0. The first-order valence-corrected chi connectivity index (χ1v) is 15.1. The van der Waals surface area contributed by atoms with Crippen molar-refractivity contribution in [2.75, 3.05) is 4.90 Å². The van der Waals surface area contributed by atoms with Crippen LogP contribution in [0.25, 0.3) is 66.4 Å². The molecule has 45 heavy (non-hydrogen) atoms. The van der Waals surface area contributed by atoms with Crippen molar-refractivity contribution in [2.45, 2.75) is 0 Å². The van der Waals surface area contributed by atoms with Crippen LogP contribution in [-0.2, 0) is 0 Å². The first kappa shape index (κ1) is 25.4. The highest BCUT2D eigenvalue weighted by Gasteiger charge is 2.22. The fraction of sp³-hybridized carbons (Fsp3) is 0. The Labute approximate surface area is 259 Å². The maximum atomic E-state index is 6.71. The predicted octanol–water partition coefficient (Wildman–Crippen LogP) is 11.7. The van der Waals surface area contributed by atoms with Crippen molar-refractivity contribution in [3.8, 4) is 22.6 Å². The zero-order valence-corrected chi connectivity index (χ0v) is 24.2. The van der Waals surface area contributed by atoms with E-state index in [1.165, 1.54) is 16.3 Å². The Balaban J connectivity index is 1.26. The number of para-hydroxylation sites is 4. The summed E-state index contributed by atoms with van der Waals surface area (Å²) in [6.07, 6.45) is 0. The van der Waals surface area contributed by atoms with E-state index in [-0.39, 0.29) is 0 Å². The van der Waals surface area contributed by atoms with E-state index in [9.17, 15) is 0 Å². The van der Waals surface area contributed by atoms with Gasteiger partial charge >= 0.3 is 0 Å². The van der Waals surface area contributed by atoms with Gasteiger partial charge in [-0.05, 0) is 76.5 Å². The molecular weight excluding hydrogens is 552 g/mol. The molecule has 2 aromatic heterocycles. The van der Waals surface area contributed by atoms with Crippen LogP contribution in [0.4, 0.5) is 17.1 Å². The summed E-state index contributed by atoms with van der Waals surface area (Å²) in [5, 5.41) is 4.45. The molecule has 212 valence electrons. The number of anilines is 3. The first-order valence-electron chi connectivity index (χ1n) is 15.1. The van der Waals surface area contributed by atoms with Crippen LogP contribution in [0.5, 0.6) is 0 Å². The summed E-state index contributed by atoms with van der Waals surface area (Å²) in [5.41, 5.74) is 9.48. The Bertz CT molecular complexity index is 2470. The maximum absolute atomic E-state index is 6.71. The molecule has 2 heterocycles. The van der Waals surface area contributed by atoms with Crippen LogP contribution in [0.15, 0.2) is 167 Å². The van der Waals surface area contributed by atoms with Crippen LogP contribution in [0.2, 0.25) is 0 Å². The molecule has 4 nitrogen and oxygen atoms in total. The number of hydrogen-bond donors (Lipinski definition) is 0. The maximum Gasteiger partial charge on any atom is 0.228 e. The lowest BCUT2D eigenvalue weighted by molar-refractivity contribution is 0.620. The second kappa shape index (κ2) is 10.2. The molecule has 0 aliphatic rings. The van der Waals surface area contributed by atoms with Gasteiger partial charge < -0.3 is 13.7 Å². The number of hydrogen-bond acceptors (Lipinski definition) is 4. The second-order valence-corrected chi connectivity index (χ2v) is 11.2. The number of nitrogens with zero attached hydrogens (tertiary/aromatic N) is 2. The highest BCUT2D eigenvalue weighted by atomic mass is 16.3. The third kappa shape index (κ3) is 4.19. The van der Waals surface area contributed by atoms with Crippen molar-refractivity contribution in [1.82, 2.24) is 4.98 Å². The Morgan fingerprint density at radius 1 is 0.489 bits per heavy atom. The third-order valence-corrected chi connectivity index (χ3v) is 8.49. The van der Waals surface area contributed by atoms with Crippen molar-refractivity contribution in [1.29, 1.82) is 0 Å². The quantitative estimate of drug-likeness (QED) is 0.204. The molecule has 0 spiro atoms. The van der Waals surface area contributed by atoms with Crippen LogP contribution in [0, 0.1) is 0 Å². The lowest BCUT2D eigenvalue weighted by atomic mass is 9.97. The average Bonchev–Trinajstić information content (AvgIpc) is 3.71. The van der Waals surface area contributed by atoms with E-state index < -0.39 is 0 Å². The minimum atomic E-state index is 0.581. The summed E-state index contributed by atoms with van der Waals surface area (Å²) < 4.78 is 12.9. The van der Waals surface area contributed by atoms with Gasteiger partial charge in [0.1, 0.15) is 11.1 Å². The fourth-order valence-corrected chi connectivity index (χ4v) is 6.47. The topological polar surface area (TPSA) is 42.4 Å². The van der Waals surface area contributed by atoms with E-state index in [1.807, 2.05) is 42.5 Å². The van der Waals surface area contributed by atoms with E-state index in [2.05, 4.69) is 120 Å². The molecule has 4 heteroatoms. The normalized spacial score (nSPS) is 11.6. The highest BCUT2D eigenvalue weighted by Crippen LogP contribution is 2.45. The summed E-state index contributed by atoms with van der Waals surface area (Å²) in [6.45, 7) is 0. The SMILES string of the molecule is c1ccc(N(c2cccc(-c3cccc4ccccc34)c2)c2cccc3c2oc2cccc(-c4nc5ccccc5o4)c23)cc1. The lowest BCUT2D eigenvalue weighted by Crippen LogP contribution is -2.10. The van der Waals surface area contributed by atoms with Crippen molar-refractivity contribution >= 4 is 60.9 Å². The van der Waals surface area contributed by atoms with Crippen LogP contribution < -0.4 is 4.90 Å². The molecule has 0 saturated heterocycles. The van der Waals surface area contributed by atoms with E-state index in [1.54, 1.807) is 0 Å². The average molecular weight is 579 g/mol. The second-order valence-electron chi connectivity index (χ2n) is 11.2. The Morgan fingerprint density at radius 3 is 2.11 bits per heavy atom. The van der Waals surface area contributed by atoms with Crippen molar-refractivity contribution in [3.05, 3.63) is 158 Å². The van der Waals surface area contributed by atoms with Gasteiger partial charge in [-0.2, -0.15) is 0 Å². The van der Waals surface area contributed by atoms with Crippen molar-refractivity contribution < 1.29 is 8.83 Å². The number of benzene rings is 7. The zero-order chi connectivity index (χ0) is 29.7. The number of fused-ring (bicyclic) bond motifs is 5. The van der Waals surface area contributed by atoms with Gasteiger partial charge in [-0.1, -0.05) is 103 Å². The smallest absolute Gasteiger partial charge is 0.228 e. The summed E-state index contributed by atoms with van der Waals surface area (Å²) >= 11 is 0. The lowest BCUT2D eigenvalue weighted by Gasteiger charge is -2.26. The molecule has 0 bridgehead atoms. The molecule has 7 aromatic carbocycles. The Morgan fingerprint density at radius 2 is 1.18 bits per heavy atom. The largest absolute Gasteiger partial charge is 0.454 e. The van der Waals surface area contributed by atoms with Gasteiger partial charge in [0, 0.05) is 27.7 Å². The molecule has 0 saturated carbocycles. The Hall–Kier alpha value is -6.13. The molecule has 9 rings (SSSR count). The Kier molecular flexibility index (Phi) is 5.78. The van der Waals surface area contributed by atoms with Gasteiger partial charge in [0.25, 0.3) is 0 Å². The van der Waals surface area contributed by atoms with E-state index in [0.717, 1.165) is 61.2 Å². The van der Waals surface area contributed by atoms with Gasteiger partial charge in [-0.3, -0.25) is 0 Å². The highest BCUT2D eigenvalue weighted by molar-refractivity contribution is 6.15. The third-order valence-electron chi connectivity index (χ3n) is 8.49. The predicted molar refractivity (Wildman–Crippen MR) is 184 cm³/mol. The summed E-state index contributed by atoms with van der Waals surface area (Å²) in [5.74, 6) is 0.581. The number of rotatable bonds is 5. The summed E-state index contributed by atoms with van der Waals surface area (Å²) in [4.78, 5) is 7.09. The number of aromatic nitrogens is 1. The van der Waals surface area contributed by atoms with Gasteiger partial charge in [-0.25, -0.2) is 4.98 Å². The standard InChI is InChI=1S/C41H26N2O2/c1-2-15-29(16-3-1)43(30-17-8-14-28(26-30)32-19-9-13-27-12-4-5-18-31(27)32)36-23-10-20-33-39-34(21-11-25-38(39)44-40(33)36)41-42-35-22-6-7-24-37(35)45-41/h1-26H. The van der Waals surface area contributed by atoms with E-state index in [0.29, 0.717) is 5.89 Å². The molecule has 0 fully saturated rings. The number of oxazole rings is 1. The molecule has 0 N–H and O–H groups in total. The van der Waals surface area contributed by atoms with Crippen molar-refractivity contribution in [3.63, 3.8) is 0 Å². The van der Waals surface area contributed by atoms with Gasteiger partial charge in [0.15, 0.2) is 11.2 Å². The number of furan rings is 1. The fourth-order valence-electron chi connectivity index (χ4n) is 6.47. The van der Waals surface area contributed by atoms with Gasteiger partial charge in [-0.15, -0.1) is 0 Å². The van der Waals surface area contributed by atoms with Crippen LogP contribution in [0.3, 0.4) is 0 Å². The molecule has 0 aliphatic carbocycles. The monoisotopic (exact) mass is 578 g/mol. The molecule has 0 aliphatic heterocycles. The first-order chi connectivity index (χ1) is 22.3. The molecular formula is C41H26N2O2. The molecule has 0 radical (unpaired) electrons. The van der Waals surface area contributed by atoms with Gasteiger partial charge in [0.2, 0.25) is 5.89 Å². The van der Waals surface area contributed by atoms with Crippen LogP contribution >= 0.6 is 0 Å².